The summed E-state index contributed by atoms with van der Waals surface area (Å²) in [6, 6.07) is 11.4. The first-order valence-corrected chi connectivity index (χ1v) is 8.54. The average Bonchev–Trinajstić information content (AvgIpc) is 3.23. The first-order chi connectivity index (χ1) is 13.0. The van der Waals surface area contributed by atoms with E-state index in [-0.39, 0.29) is 5.91 Å². The van der Waals surface area contributed by atoms with E-state index in [2.05, 4.69) is 15.2 Å². The summed E-state index contributed by atoms with van der Waals surface area (Å²) in [6.45, 7) is 1.91. The lowest BCUT2D eigenvalue weighted by molar-refractivity contribution is 0.0829. The van der Waals surface area contributed by atoms with Crippen molar-refractivity contribution in [2.75, 3.05) is 14.1 Å². The first kappa shape index (κ1) is 17.0. The molecule has 0 atom stereocenters. The fourth-order valence-electron chi connectivity index (χ4n) is 3.14. The lowest BCUT2D eigenvalue weighted by Crippen LogP contribution is -2.22. The zero-order valence-electron chi connectivity index (χ0n) is 15.6. The largest absolute Gasteiger partial charge is 0.345 e. The maximum absolute atomic E-state index is 12.9. The van der Waals surface area contributed by atoms with Crippen LogP contribution in [0.15, 0.2) is 47.1 Å². The summed E-state index contributed by atoms with van der Waals surface area (Å²) in [5.41, 5.74) is 4.63. The molecule has 0 aliphatic heterocycles. The Hall–Kier alpha value is -3.48. The molecule has 0 saturated carbocycles. The highest BCUT2D eigenvalue weighted by Gasteiger charge is 2.23. The van der Waals surface area contributed by atoms with Crippen LogP contribution in [0.2, 0.25) is 0 Å². The van der Waals surface area contributed by atoms with Gasteiger partial charge in [0.25, 0.3) is 11.6 Å². The molecule has 136 valence electrons. The minimum atomic E-state index is -0.134. The number of carbonyl (C=O) groups excluding carboxylic acids is 1. The van der Waals surface area contributed by atoms with Crippen LogP contribution >= 0.6 is 0 Å². The Balaban J connectivity index is 2.01. The fourth-order valence-corrected chi connectivity index (χ4v) is 3.14. The molecule has 0 bridgehead atoms. The van der Waals surface area contributed by atoms with Crippen molar-refractivity contribution in [1.82, 2.24) is 24.8 Å². The van der Waals surface area contributed by atoms with E-state index in [0.717, 1.165) is 16.8 Å². The van der Waals surface area contributed by atoms with Gasteiger partial charge in [-0.15, -0.1) is 0 Å². The third kappa shape index (κ3) is 2.87. The van der Waals surface area contributed by atoms with E-state index in [9.17, 15) is 4.79 Å². The van der Waals surface area contributed by atoms with Gasteiger partial charge in [0, 0.05) is 38.5 Å². The van der Waals surface area contributed by atoms with Gasteiger partial charge in [-0.3, -0.25) is 9.48 Å². The van der Waals surface area contributed by atoms with Gasteiger partial charge in [-0.1, -0.05) is 35.5 Å². The quantitative estimate of drug-likeness (QED) is 0.559. The summed E-state index contributed by atoms with van der Waals surface area (Å²) in [4.78, 5) is 19.1. The third-order valence-electron chi connectivity index (χ3n) is 4.42. The second-order valence-electron chi connectivity index (χ2n) is 6.63. The molecule has 0 radical (unpaired) electrons. The van der Waals surface area contributed by atoms with E-state index in [1.54, 1.807) is 24.8 Å². The molecule has 0 aliphatic rings. The smallest absolute Gasteiger partial charge is 0.259 e. The number of rotatable bonds is 3. The topological polar surface area (TPSA) is 77.0 Å². The number of nitrogens with zero attached hydrogens (tertiary/aromatic N) is 5. The maximum atomic E-state index is 12.9. The van der Waals surface area contributed by atoms with Gasteiger partial charge in [0.15, 0.2) is 0 Å². The number of aromatic nitrogens is 4. The van der Waals surface area contributed by atoms with Gasteiger partial charge in [0.2, 0.25) is 0 Å². The van der Waals surface area contributed by atoms with Gasteiger partial charge >= 0.3 is 0 Å². The van der Waals surface area contributed by atoms with Crippen LogP contribution in [0.5, 0.6) is 0 Å². The highest BCUT2D eigenvalue weighted by atomic mass is 16.5. The molecule has 3 aromatic heterocycles. The van der Waals surface area contributed by atoms with E-state index in [0.29, 0.717) is 28.1 Å². The number of fused-ring (bicyclic) bond motifs is 1. The molecule has 4 aromatic rings. The Bertz CT molecular complexity index is 1140. The Morgan fingerprint density at radius 2 is 1.93 bits per heavy atom. The molecule has 1 amide bonds. The molecule has 7 heteroatoms. The van der Waals surface area contributed by atoms with E-state index in [1.807, 2.05) is 50.5 Å². The normalized spacial score (nSPS) is 11.1. The van der Waals surface area contributed by atoms with Crippen molar-refractivity contribution < 1.29 is 9.32 Å². The molecule has 0 aliphatic carbocycles. The molecular formula is C20H19N5O2. The lowest BCUT2D eigenvalue weighted by atomic mass is 10.0. The second kappa shape index (κ2) is 6.35. The highest BCUT2D eigenvalue weighted by molar-refractivity contribution is 6.10. The summed E-state index contributed by atoms with van der Waals surface area (Å²) in [5, 5.41) is 9.18. The van der Waals surface area contributed by atoms with Crippen LogP contribution in [0.25, 0.3) is 33.6 Å². The van der Waals surface area contributed by atoms with Crippen LogP contribution in [-0.4, -0.2) is 44.8 Å². The Kier molecular flexibility index (Phi) is 3.99. The van der Waals surface area contributed by atoms with E-state index >= 15 is 0 Å². The molecule has 0 saturated heterocycles. The van der Waals surface area contributed by atoms with Crippen molar-refractivity contribution in [3.63, 3.8) is 0 Å². The lowest BCUT2D eigenvalue weighted by Gasteiger charge is -2.12. The predicted molar refractivity (Wildman–Crippen MR) is 102 cm³/mol. The van der Waals surface area contributed by atoms with Gasteiger partial charge in [0.05, 0.1) is 22.3 Å². The molecule has 1 aromatic carbocycles. The van der Waals surface area contributed by atoms with Crippen molar-refractivity contribution in [3.8, 4) is 22.5 Å². The zero-order valence-corrected chi connectivity index (χ0v) is 15.6. The number of amides is 1. The van der Waals surface area contributed by atoms with E-state index < -0.39 is 0 Å². The van der Waals surface area contributed by atoms with Gasteiger partial charge in [-0.05, 0) is 13.0 Å². The SMILES string of the molecule is Cc1nn(C)cc1-c1cc(C(=O)N(C)C)c2c(-c3ccccc3)noc2n1. The third-order valence-corrected chi connectivity index (χ3v) is 4.42. The summed E-state index contributed by atoms with van der Waals surface area (Å²) in [7, 11) is 5.29. The van der Waals surface area contributed by atoms with Crippen LogP contribution in [0.1, 0.15) is 16.1 Å². The Labute approximate surface area is 156 Å². The number of hydrogen-bond donors (Lipinski definition) is 0. The van der Waals surface area contributed by atoms with Crippen LogP contribution in [0.3, 0.4) is 0 Å². The van der Waals surface area contributed by atoms with Crippen molar-refractivity contribution in [2.24, 2.45) is 7.05 Å². The minimum absolute atomic E-state index is 0.134. The molecule has 0 N–H and O–H groups in total. The van der Waals surface area contributed by atoms with E-state index in [1.165, 1.54) is 4.90 Å². The van der Waals surface area contributed by atoms with Crippen LogP contribution in [-0.2, 0) is 7.05 Å². The molecule has 4 rings (SSSR count). The van der Waals surface area contributed by atoms with Crippen molar-refractivity contribution >= 4 is 17.0 Å². The molecule has 7 nitrogen and oxygen atoms in total. The average molecular weight is 361 g/mol. The molecular weight excluding hydrogens is 342 g/mol. The maximum Gasteiger partial charge on any atom is 0.259 e. The molecule has 27 heavy (non-hydrogen) atoms. The summed E-state index contributed by atoms with van der Waals surface area (Å²) < 4.78 is 7.25. The van der Waals surface area contributed by atoms with Crippen molar-refractivity contribution in [1.29, 1.82) is 0 Å². The number of aryl methyl sites for hydroxylation is 2. The van der Waals surface area contributed by atoms with E-state index in [4.69, 9.17) is 4.52 Å². The van der Waals surface area contributed by atoms with Crippen LogP contribution < -0.4 is 0 Å². The summed E-state index contributed by atoms with van der Waals surface area (Å²) in [6.07, 6.45) is 1.88. The molecule has 0 fully saturated rings. The fraction of sp³-hybridized carbons (Fsp3) is 0.200. The zero-order chi connectivity index (χ0) is 19.1. The number of benzene rings is 1. The molecule has 0 unspecified atom stereocenters. The molecule has 3 heterocycles. The Morgan fingerprint density at radius 1 is 1.19 bits per heavy atom. The van der Waals surface area contributed by atoms with Crippen LogP contribution in [0, 0.1) is 6.92 Å². The Morgan fingerprint density at radius 3 is 2.56 bits per heavy atom. The number of carbonyl (C=O) groups is 1. The summed E-state index contributed by atoms with van der Waals surface area (Å²) >= 11 is 0. The van der Waals surface area contributed by atoms with Gasteiger partial charge in [0.1, 0.15) is 5.69 Å². The van der Waals surface area contributed by atoms with Crippen molar-refractivity contribution in [3.05, 3.63) is 53.9 Å². The van der Waals surface area contributed by atoms with Crippen LogP contribution in [0.4, 0.5) is 0 Å². The number of hydrogen-bond acceptors (Lipinski definition) is 5. The first-order valence-electron chi connectivity index (χ1n) is 8.54. The number of pyridine rings is 1. The van der Waals surface area contributed by atoms with Crippen molar-refractivity contribution in [2.45, 2.75) is 6.92 Å². The van der Waals surface area contributed by atoms with Gasteiger partial charge in [-0.25, -0.2) is 4.98 Å². The van der Waals surface area contributed by atoms with Gasteiger partial charge < -0.3 is 9.42 Å². The van der Waals surface area contributed by atoms with Gasteiger partial charge in [-0.2, -0.15) is 5.10 Å². The predicted octanol–water partition coefficient (Wildman–Crippen LogP) is 3.30. The second-order valence-corrected chi connectivity index (χ2v) is 6.63. The highest BCUT2D eigenvalue weighted by Crippen LogP contribution is 2.33. The minimum Gasteiger partial charge on any atom is -0.345 e. The standard InChI is InChI=1S/C20H19N5O2/c1-12-15(11-25(4)22-12)16-10-14(20(26)24(2)3)17-18(23-27-19(17)21-16)13-8-6-5-7-9-13/h5-11H,1-4H3. The monoisotopic (exact) mass is 361 g/mol. The molecule has 0 spiro atoms. The summed E-state index contributed by atoms with van der Waals surface area (Å²) in [5.74, 6) is -0.134.